The van der Waals surface area contributed by atoms with Crippen molar-refractivity contribution in [1.29, 1.82) is 0 Å². The topological polar surface area (TPSA) is 37.3 Å². The van der Waals surface area contributed by atoms with E-state index in [9.17, 15) is 18.0 Å². The second-order valence-corrected chi connectivity index (χ2v) is 6.85. The number of carboxylic acid groups (broad SMARTS) is 1. The van der Waals surface area contributed by atoms with Crippen LogP contribution < -0.4 is 0 Å². The summed E-state index contributed by atoms with van der Waals surface area (Å²) < 4.78 is 39.0. The van der Waals surface area contributed by atoms with Crippen LogP contribution in [0, 0.1) is 5.41 Å². The fourth-order valence-electron chi connectivity index (χ4n) is 2.91. The zero-order valence-electron chi connectivity index (χ0n) is 13.7. The maximum absolute atomic E-state index is 13.0. The molecule has 1 atom stereocenters. The first-order valence-electron chi connectivity index (χ1n) is 7.50. The number of halogens is 3. The molecular formula is C19H19F3O2. The zero-order chi connectivity index (χ0) is 18.1. The Morgan fingerprint density at radius 2 is 1.54 bits per heavy atom. The van der Waals surface area contributed by atoms with E-state index in [1.165, 1.54) is 24.3 Å². The van der Waals surface area contributed by atoms with Gasteiger partial charge >= 0.3 is 12.1 Å². The molecule has 0 spiro atoms. The number of aromatic carboxylic acids is 1. The third kappa shape index (κ3) is 3.96. The average molecular weight is 336 g/mol. The fourth-order valence-corrected chi connectivity index (χ4v) is 2.91. The number of carbonyl (C=O) groups is 1. The molecule has 0 aliphatic rings. The molecule has 5 heteroatoms. The lowest BCUT2D eigenvalue weighted by molar-refractivity contribution is -0.137. The molecule has 2 rings (SSSR count). The lowest BCUT2D eigenvalue weighted by Crippen LogP contribution is -2.20. The van der Waals surface area contributed by atoms with Crippen molar-refractivity contribution in [2.45, 2.75) is 32.9 Å². The van der Waals surface area contributed by atoms with E-state index in [0.717, 1.165) is 11.6 Å². The van der Waals surface area contributed by atoms with E-state index in [4.69, 9.17) is 5.11 Å². The average Bonchev–Trinajstić information content (AvgIpc) is 2.46. The van der Waals surface area contributed by atoms with Crippen molar-refractivity contribution in [1.82, 2.24) is 0 Å². The van der Waals surface area contributed by atoms with Crippen LogP contribution in [0.1, 0.15) is 53.7 Å². The molecule has 2 nitrogen and oxygen atoms in total. The van der Waals surface area contributed by atoms with E-state index in [2.05, 4.69) is 0 Å². The number of carboxylic acids is 1. The lowest BCUT2D eigenvalue weighted by atomic mass is 9.72. The second-order valence-electron chi connectivity index (χ2n) is 6.85. The summed E-state index contributed by atoms with van der Waals surface area (Å²) in [7, 11) is 0. The van der Waals surface area contributed by atoms with Crippen molar-refractivity contribution in [3.8, 4) is 0 Å². The monoisotopic (exact) mass is 336 g/mol. The summed E-state index contributed by atoms with van der Waals surface area (Å²) in [5.41, 5.74) is 0.466. The maximum atomic E-state index is 13.0. The Kier molecular flexibility index (Phi) is 4.74. The molecule has 0 bridgehead atoms. The van der Waals surface area contributed by atoms with Crippen LogP contribution in [0.4, 0.5) is 13.2 Å². The number of hydrogen-bond acceptors (Lipinski definition) is 1. The summed E-state index contributed by atoms with van der Waals surface area (Å²) >= 11 is 0. The van der Waals surface area contributed by atoms with Crippen molar-refractivity contribution >= 4 is 5.97 Å². The van der Waals surface area contributed by atoms with Crippen LogP contribution in [0.15, 0.2) is 48.5 Å². The van der Waals surface area contributed by atoms with Crippen LogP contribution in [0.2, 0.25) is 0 Å². The van der Waals surface area contributed by atoms with Crippen molar-refractivity contribution in [3.05, 3.63) is 70.8 Å². The highest BCUT2D eigenvalue weighted by atomic mass is 19.4. The van der Waals surface area contributed by atoms with Gasteiger partial charge in [-0.2, -0.15) is 13.2 Å². The molecule has 2 aromatic rings. The predicted octanol–water partition coefficient (Wildman–Crippen LogP) is 5.58. The highest BCUT2D eigenvalue weighted by Crippen LogP contribution is 2.42. The first-order valence-corrected chi connectivity index (χ1v) is 7.50. The fraction of sp³-hybridized carbons (Fsp3) is 0.316. The predicted molar refractivity (Wildman–Crippen MR) is 86.1 cm³/mol. The van der Waals surface area contributed by atoms with Gasteiger partial charge in [0.1, 0.15) is 0 Å². The van der Waals surface area contributed by atoms with E-state index in [1.807, 2.05) is 20.8 Å². The minimum Gasteiger partial charge on any atom is -0.478 e. The molecule has 1 unspecified atom stereocenters. The highest BCUT2D eigenvalue weighted by molar-refractivity contribution is 5.87. The van der Waals surface area contributed by atoms with Gasteiger partial charge in [-0.05, 0) is 34.7 Å². The highest BCUT2D eigenvalue weighted by Gasteiger charge is 2.33. The van der Waals surface area contributed by atoms with Gasteiger partial charge in [0.05, 0.1) is 11.1 Å². The quantitative estimate of drug-likeness (QED) is 0.794. The molecule has 128 valence electrons. The van der Waals surface area contributed by atoms with Crippen LogP contribution in [0.3, 0.4) is 0 Å². The number of hydrogen-bond donors (Lipinski definition) is 1. The van der Waals surface area contributed by atoms with Crippen molar-refractivity contribution in [2.24, 2.45) is 5.41 Å². The molecule has 0 aromatic heterocycles. The first-order chi connectivity index (χ1) is 11.0. The second kappa shape index (κ2) is 6.30. The molecule has 1 N–H and O–H groups in total. The van der Waals surface area contributed by atoms with Gasteiger partial charge in [0, 0.05) is 5.92 Å². The SMILES string of the molecule is CC(C)(C)C(c1ccc(C(=O)O)cc1)c1cccc(C(F)(F)F)c1. The van der Waals surface area contributed by atoms with E-state index in [-0.39, 0.29) is 16.9 Å². The molecule has 0 saturated heterocycles. The number of alkyl halides is 3. The Bertz CT molecular complexity index is 726. The Hall–Kier alpha value is -2.30. The van der Waals surface area contributed by atoms with Gasteiger partial charge in [0.15, 0.2) is 0 Å². The van der Waals surface area contributed by atoms with Crippen molar-refractivity contribution < 1.29 is 23.1 Å². The van der Waals surface area contributed by atoms with Gasteiger partial charge in [-0.3, -0.25) is 0 Å². The van der Waals surface area contributed by atoms with Gasteiger partial charge < -0.3 is 5.11 Å². The zero-order valence-corrected chi connectivity index (χ0v) is 13.7. The summed E-state index contributed by atoms with van der Waals surface area (Å²) in [6.07, 6.45) is -4.40. The minimum atomic E-state index is -4.40. The van der Waals surface area contributed by atoms with Crippen LogP contribution in [-0.2, 0) is 6.18 Å². The molecule has 2 aromatic carbocycles. The summed E-state index contributed by atoms with van der Waals surface area (Å²) in [5.74, 6) is -1.32. The normalized spacial score (nSPS) is 13.6. The Labute approximate surface area is 138 Å². The summed E-state index contributed by atoms with van der Waals surface area (Å²) in [4.78, 5) is 11.0. The molecule has 0 saturated carbocycles. The van der Waals surface area contributed by atoms with Gasteiger partial charge in [0.25, 0.3) is 0 Å². The first kappa shape index (κ1) is 18.0. The Balaban J connectivity index is 2.53. The molecule has 0 heterocycles. The Morgan fingerprint density at radius 1 is 0.958 bits per heavy atom. The maximum Gasteiger partial charge on any atom is 0.416 e. The van der Waals surface area contributed by atoms with E-state index < -0.39 is 17.7 Å². The van der Waals surface area contributed by atoms with Gasteiger partial charge in [0.2, 0.25) is 0 Å². The molecule has 0 amide bonds. The molecule has 0 aliphatic heterocycles. The van der Waals surface area contributed by atoms with Crippen LogP contribution in [-0.4, -0.2) is 11.1 Å². The van der Waals surface area contributed by atoms with Crippen molar-refractivity contribution in [2.75, 3.05) is 0 Å². The van der Waals surface area contributed by atoms with Crippen LogP contribution >= 0.6 is 0 Å². The van der Waals surface area contributed by atoms with Crippen LogP contribution in [0.5, 0.6) is 0 Å². The van der Waals surface area contributed by atoms with Crippen LogP contribution in [0.25, 0.3) is 0 Å². The van der Waals surface area contributed by atoms with Gasteiger partial charge in [-0.15, -0.1) is 0 Å². The molecule has 0 radical (unpaired) electrons. The third-order valence-electron chi connectivity index (χ3n) is 3.90. The van der Waals surface area contributed by atoms with Gasteiger partial charge in [-0.1, -0.05) is 51.1 Å². The number of rotatable bonds is 3. The lowest BCUT2D eigenvalue weighted by Gasteiger charge is -2.32. The number of benzene rings is 2. The summed E-state index contributed by atoms with van der Waals surface area (Å²) in [5, 5.41) is 8.99. The largest absolute Gasteiger partial charge is 0.478 e. The molecule has 0 fully saturated rings. The van der Waals surface area contributed by atoms with Crippen molar-refractivity contribution in [3.63, 3.8) is 0 Å². The van der Waals surface area contributed by atoms with Gasteiger partial charge in [-0.25, -0.2) is 4.79 Å². The smallest absolute Gasteiger partial charge is 0.416 e. The Morgan fingerprint density at radius 3 is 2.00 bits per heavy atom. The summed E-state index contributed by atoms with van der Waals surface area (Å²) in [6, 6.07) is 11.6. The third-order valence-corrected chi connectivity index (χ3v) is 3.90. The molecular weight excluding hydrogens is 317 g/mol. The molecule has 0 aliphatic carbocycles. The molecule has 24 heavy (non-hydrogen) atoms. The van der Waals surface area contributed by atoms with E-state index in [0.29, 0.717) is 5.56 Å². The van der Waals surface area contributed by atoms with E-state index >= 15 is 0 Å². The van der Waals surface area contributed by atoms with E-state index in [1.54, 1.807) is 18.2 Å². The summed E-state index contributed by atoms with van der Waals surface area (Å²) in [6.45, 7) is 5.84. The standard InChI is InChI=1S/C19H19F3O2/c1-18(2,3)16(12-7-9-13(10-8-12)17(23)24)14-5-4-6-15(11-14)19(20,21)22/h4-11,16H,1-3H3,(H,23,24). The minimum absolute atomic E-state index is 0.149.